The molecule has 2 amide bonds. The Labute approximate surface area is 124 Å². The molecule has 6 nitrogen and oxygen atoms in total. The molecule has 1 atom stereocenters. The van der Waals surface area contributed by atoms with Crippen molar-refractivity contribution >= 4 is 12.0 Å². The second-order valence-corrected chi connectivity index (χ2v) is 6.62. The number of nitrogens with zero attached hydrogens (tertiary/aromatic N) is 3. The van der Waals surface area contributed by atoms with Gasteiger partial charge >= 0.3 is 6.09 Å². The molecular weight excluding hydrogens is 270 g/mol. The molecular formula is C15H21N3O3. The predicted octanol–water partition coefficient (Wildman–Crippen LogP) is 1.53. The Hall–Kier alpha value is -1.77. The van der Waals surface area contributed by atoms with Crippen LogP contribution >= 0.6 is 0 Å². The fourth-order valence-electron chi connectivity index (χ4n) is 3.84. The molecule has 3 rings (SSSR count). The maximum absolute atomic E-state index is 12.6. The van der Waals surface area contributed by atoms with Crippen molar-refractivity contribution in [1.82, 2.24) is 9.80 Å². The topological polar surface area (TPSA) is 84.6 Å². The third-order valence-electron chi connectivity index (χ3n) is 5.51. The summed E-state index contributed by atoms with van der Waals surface area (Å²) in [6.45, 7) is 2.50. The first-order valence-electron chi connectivity index (χ1n) is 7.72. The normalized spacial score (nSPS) is 28.2. The third kappa shape index (κ3) is 2.57. The van der Waals surface area contributed by atoms with Gasteiger partial charge in [-0.05, 0) is 37.5 Å². The minimum Gasteiger partial charge on any atom is -0.465 e. The van der Waals surface area contributed by atoms with Crippen LogP contribution in [-0.2, 0) is 4.79 Å². The summed E-state index contributed by atoms with van der Waals surface area (Å²) in [5.41, 5.74) is 0.0646. The molecule has 2 heterocycles. The van der Waals surface area contributed by atoms with Gasteiger partial charge in [0, 0.05) is 38.0 Å². The van der Waals surface area contributed by atoms with E-state index in [2.05, 4.69) is 6.07 Å². The van der Waals surface area contributed by atoms with E-state index in [0.717, 1.165) is 32.1 Å². The smallest absolute Gasteiger partial charge is 0.407 e. The molecule has 1 aliphatic carbocycles. The molecule has 2 aliphatic heterocycles. The van der Waals surface area contributed by atoms with Crippen LogP contribution in [0.3, 0.4) is 0 Å². The van der Waals surface area contributed by atoms with Crippen LogP contribution in [0.1, 0.15) is 32.1 Å². The number of carbonyl (C=O) groups excluding carboxylic acids is 1. The maximum atomic E-state index is 12.6. The number of rotatable bonds is 1. The minimum atomic E-state index is -0.855. The summed E-state index contributed by atoms with van der Waals surface area (Å²) in [6.07, 6.45) is 3.25. The van der Waals surface area contributed by atoms with Crippen LogP contribution in [0.2, 0.25) is 0 Å². The summed E-state index contributed by atoms with van der Waals surface area (Å²) in [7, 11) is 0. The summed E-state index contributed by atoms with van der Waals surface area (Å²) in [5, 5.41) is 17.9. The second-order valence-electron chi connectivity index (χ2n) is 6.62. The molecule has 0 aromatic rings. The molecule has 114 valence electrons. The van der Waals surface area contributed by atoms with Gasteiger partial charge in [0.1, 0.15) is 0 Å². The van der Waals surface area contributed by atoms with Crippen molar-refractivity contribution < 1.29 is 14.7 Å². The number of amides is 2. The molecule has 0 aromatic heterocycles. The Balaban J connectivity index is 1.53. The Morgan fingerprint density at radius 1 is 1.10 bits per heavy atom. The first-order valence-corrected chi connectivity index (χ1v) is 7.72. The van der Waals surface area contributed by atoms with Gasteiger partial charge in [-0.25, -0.2) is 4.79 Å². The summed E-state index contributed by atoms with van der Waals surface area (Å²) < 4.78 is 0. The van der Waals surface area contributed by atoms with Gasteiger partial charge in [0.25, 0.3) is 0 Å². The van der Waals surface area contributed by atoms with E-state index < -0.39 is 6.09 Å². The summed E-state index contributed by atoms with van der Waals surface area (Å²) >= 11 is 0. The van der Waals surface area contributed by atoms with Crippen molar-refractivity contribution in [2.75, 3.05) is 26.2 Å². The molecule has 3 aliphatic rings. The average molecular weight is 291 g/mol. The van der Waals surface area contributed by atoms with E-state index in [1.165, 1.54) is 4.90 Å². The molecule has 1 N–H and O–H groups in total. The van der Waals surface area contributed by atoms with E-state index in [-0.39, 0.29) is 23.2 Å². The van der Waals surface area contributed by atoms with Gasteiger partial charge in [-0.2, -0.15) is 5.26 Å². The molecule has 0 bridgehead atoms. The average Bonchev–Trinajstić information content (AvgIpc) is 3.20. The molecule has 1 spiro atoms. The zero-order valence-corrected chi connectivity index (χ0v) is 12.1. The SMILES string of the molecule is N#CC1CCN(C(=O)[C@H]2CC23CCN(C(=O)O)CC3)CC1. The van der Waals surface area contributed by atoms with E-state index in [4.69, 9.17) is 10.4 Å². The van der Waals surface area contributed by atoms with Crippen molar-refractivity contribution in [3.63, 3.8) is 0 Å². The molecule has 6 heteroatoms. The van der Waals surface area contributed by atoms with E-state index in [1.54, 1.807) is 0 Å². The highest BCUT2D eigenvalue weighted by Crippen LogP contribution is 2.60. The minimum absolute atomic E-state index is 0.0646. The van der Waals surface area contributed by atoms with Gasteiger partial charge in [-0.3, -0.25) is 4.79 Å². The first-order chi connectivity index (χ1) is 10.1. The summed E-state index contributed by atoms with van der Waals surface area (Å²) in [6, 6.07) is 2.28. The van der Waals surface area contributed by atoms with Crippen LogP contribution < -0.4 is 0 Å². The van der Waals surface area contributed by atoms with E-state index in [9.17, 15) is 9.59 Å². The summed E-state index contributed by atoms with van der Waals surface area (Å²) in [5.74, 6) is 0.420. The van der Waals surface area contributed by atoms with Crippen molar-refractivity contribution in [2.45, 2.75) is 32.1 Å². The number of carbonyl (C=O) groups is 2. The number of carboxylic acid groups (broad SMARTS) is 1. The van der Waals surface area contributed by atoms with Gasteiger partial charge in [0.15, 0.2) is 0 Å². The van der Waals surface area contributed by atoms with Crippen molar-refractivity contribution in [3.05, 3.63) is 0 Å². The van der Waals surface area contributed by atoms with Crippen LogP contribution in [0.25, 0.3) is 0 Å². The summed E-state index contributed by atoms with van der Waals surface area (Å²) in [4.78, 5) is 26.9. The van der Waals surface area contributed by atoms with E-state index in [1.807, 2.05) is 4.90 Å². The fourth-order valence-corrected chi connectivity index (χ4v) is 3.84. The number of piperidine rings is 2. The number of likely N-dealkylation sites (tertiary alicyclic amines) is 2. The fraction of sp³-hybridized carbons (Fsp3) is 0.800. The zero-order chi connectivity index (χ0) is 15.0. The van der Waals surface area contributed by atoms with Crippen LogP contribution in [0.5, 0.6) is 0 Å². The molecule has 0 unspecified atom stereocenters. The Bertz CT molecular complexity index is 483. The second kappa shape index (κ2) is 5.21. The van der Waals surface area contributed by atoms with Gasteiger partial charge in [0.2, 0.25) is 5.91 Å². The van der Waals surface area contributed by atoms with Gasteiger partial charge in [0.05, 0.1) is 6.07 Å². The maximum Gasteiger partial charge on any atom is 0.407 e. The highest BCUT2D eigenvalue weighted by Gasteiger charge is 2.59. The number of nitriles is 1. The largest absolute Gasteiger partial charge is 0.465 e. The lowest BCUT2D eigenvalue weighted by molar-refractivity contribution is -0.134. The lowest BCUT2D eigenvalue weighted by Crippen LogP contribution is -2.42. The Morgan fingerprint density at radius 2 is 1.71 bits per heavy atom. The van der Waals surface area contributed by atoms with Crippen LogP contribution in [0.4, 0.5) is 4.79 Å². The van der Waals surface area contributed by atoms with Gasteiger partial charge in [-0.1, -0.05) is 0 Å². The lowest BCUT2D eigenvalue weighted by Gasteiger charge is -2.33. The van der Waals surface area contributed by atoms with E-state index in [0.29, 0.717) is 26.2 Å². The van der Waals surface area contributed by atoms with Crippen molar-refractivity contribution in [3.8, 4) is 6.07 Å². The number of hydrogen-bond acceptors (Lipinski definition) is 3. The quantitative estimate of drug-likeness (QED) is 0.794. The Morgan fingerprint density at radius 3 is 2.24 bits per heavy atom. The Kier molecular flexibility index (Phi) is 3.52. The van der Waals surface area contributed by atoms with E-state index >= 15 is 0 Å². The number of hydrogen-bond donors (Lipinski definition) is 1. The molecule has 2 saturated heterocycles. The zero-order valence-electron chi connectivity index (χ0n) is 12.1. The molecule has 3 fully saturated rings. The third-order valence-corrected chi connectivity index (χ3v) is 5.51. The van der Waals surface area contributed by atoms with Crippen LogP contribution in [-0.4, -0.2) is 53.1 Å². The van der Waals surface area contributed by atoms with Gasteiger partial charge in [-0.15, -0.1) is 0 Å². The molecule has 0 radical (unpaired) electrons. The highest BCUT2D eigenvalue weighted by atomic mass is 16.4. The van der Waals surface area contributed by atoms with Crippen LogP contribution in [0, 0.1) is 28.6 Å². The predicted molar refractivity (Wildman–Crippen MR) is 74.3 cm³/mol. The molecule has 0 aromatic carbocycles. The van der Waals surface area contributed by atoms with Crippen LogP contribution in [0.15, 0.2) is 0 Å². The van der Waals surface area contributed by atoms with Crippen molar-refractivity contribution in [2.24, 2.45) is 17.3 Å². The monoisotopic (exact) mass is 291 g/mol. The van der Waals surface area contributed by atoms with Gasteiger partial charge < -0.3 is 14.9 Å². The van der Waals surface area contributed by atoms with Crippen molar-refractivity contribution in [1.29, 1.82) is 5.26 Å². The lowest BCUT2D eigenvalue weighted by atomic mass is 9.90. The standard InChI is InChI=1S/C15H21N3O3/c16-10-11-1-5-17(6-2-11)13(19)12-9-15(12)3-7-18(8-4-15)14(20)21/h11-12H,1-9H2,(H,20,21)/t12-/m1/s1. The first kappa shape index (κ1) is 14.2. The molecule has 21 heavy (non-hydrogen) atoms. The highest BCUT2D eigenvalue weighted by molar-refractivity contribution is 5.83. The molecule has 1 saturated carbocycles.